The maximum absolute atomic E-state index is 16.3. The molecule has 0 radical (unpaired) electrons. The molecule has 2 aliphatic heterocycles. The number of benzene rings is 1. The first kappa shape index (κ1) is 27.7. The average Bonchev–Trinajstić information content (AvgIpc) is 3.30. The Morgan fingerprint density at radius 1 is 1.24 bits per heavy atom. The molecule has 2 atom stereocenters. The van der Waals surface area contributed by atoms with Gasteiger partial charge in [-0.1, -0.05) is 6.92 Å². The van der Waals surface area contributed by atoms with E-state index in [4.69, 9.17) is 14.2 Å². The molecule has 1 saturated heterocycles. The van der Waals surface area contributed by atoms with Crippen molar-refractivity contribution >= 4 is 28.7 Å². The third-order valence-corrected chi connectivity index (χ3v) is 7.48. The fraction of sp³-hybridized carbons (Fsp3) is 0.607. The van der Waals surface area contributed by atoms with Crippen LogP contribution in [0.4, 0.5) is 14.9 Å². The Morgan fingerprint density at radius 3 is 2.53 bits per heavy atom. The summed E-state index contributed by atoms with van der Waals surface area (Å²) in [4.78, 5) is 40.2. The summed E-state index contributed by atoms with van der Waals surface area (Å²) in [6.07, 6.45) is 0.571. The van der Waals surface area contributed by atoms with Crippen LogP contribution in [0.5, 0.6) is 5.75 Å². The summed E-state index contributed by atoms with van der Waals surface area (Å²) in [5.74, 6) is -0.868. The summed E-state index contributed by atoms with van der Waals surface area (Å²) < 4.78 is 34.2. The van der Waals surface area contributed by atoms with Crippen molar-refractivity contribution in [3.63, 3.8) is 0 Å². The molecular formula is C28H38FN3O6. The average molecular weight is 532 g/mol. The number of carbonyl (C=O) groups excluding carboxylic acids is 2. The monoisotopic (exact) mass is 531 g/mol. The molecule has 1 aromatic carbocycles. The highest BCUT2D eigenvalue weighted by Crippen LogP contribution is 2.46. The van der Waals surface area contributed by atoms with E-state index in [1.807, 2.05) is 53.4 Å². The molecule has 38 heavy (non-hydrogen) atoms. The summed E-state index contributed by atoms with van der Waals surface area (Å²) in [6.45, 7) is 14.2. The van der Waals surface area contributed by atoms with Gasteiger partial charge in [0.1, 0.15) is 23.5 Å². The molecule has 1 aromatic heterocycles. The number of rotatable bonds is 5. The van der Waals surface area contributed by atoms with E-state index in [0.29, 0.717) is 53.8 Å². The quantitative estimate of drug-likeness (QED) is 0.564. The van der Waals surface area contributed by atoms with Crippen LogP contribution in [0.3, 0.4) is 0 Å². The highest BCUT2D eigenvalue weighted by atomic mass is 19.1. The number of nitrogens with one attached hydrogen (secondary N) is 1. The van der Waals surface area contributed by atoms with Crippen molar-refractivity contribution in [1.82, 2.24) is 9.88 Å². The fourth-order valence-electron chi connectivity index (χ4n) is 5.51. The number of methoxy groups -OCH3 is 1. The van der Waals surface area contributed by atoms with Crippen LogP contribution < -0.4 is 20.5 Å². The fourth-order valence-corrected chi connectivity index (χ4v) is 5.51. The molecule has 10 heteroatoms. The molecular weight excluding hydrogens is 493 g/mol. The number of hydrogen-bond donors (Lipinski definition) is 1. The molecule has 208 valence electrons. The molecule has 9 nitrogen and oxygen atoms in total. The minimum atomic E-state index is -0.755. The molecule has 1 amide bonds. The maximum atomic E-state index is 16.3. The normalized spacial score (nSPS) is 19.3. The summed E-state index contributed by atoms with van der Waals surface area (Å²) in [5.41, 5.74) is -0.624. The second-order valence-electron chi connectivity index (χ2n) is 11.8. The van der Waals surface area contributed by atoms with Gasteiger partial charge in [-0.3, -0.25) is 9.36 Å². The SMILES string of the molecule is CCc1c(F)c(N2CC[C@@H](C(C)(C)NC(=O)OC(C)(C)C)C2)c2c3c1cc(C(=O)OC)c(=O)n3[C@@H](C)CO2. The number of aryl methyl sites for hydroxylation is 1. The molecule has 0 aliphatic carbocycles. The molecule has 3 heterocycles. The van der Waals surface area contributed by atoms with Crippen molar-refractivity contribution in [2.75, 3.05) is 31.7 Å². The summed E-state index contributed by atoms with van der Waals surface area (Å²) in [5, 5.41) is 3.45. The van der Waals surface area contributed by atoms with Gasteiger partial charge >= 0.3 is 12.1 Å². The maximum Gasteiger partial charge on any atom is 0.408 e. The lowest BCUT2D eigenvalue weighted by atomic mass is 9.87. The molecule has 0 bridgehead atoms. The van der Waals surface area contributed by atoms with E-state index in [2.05, 4.69) is 5.32 Å². The molecule has 1 fully saturated rings. The first-order valence-corrected chi connectivity index (χ1v) is 13.1. The third kappa shape index (κ3) is 4.80. The number of alkyl carbamates (subject to hydrolysis) is 1. The molecule has 0 saturated carbocycles. The summed E-state index contributed by atoms with van der Waals surface area (Å²) in [6, 6.07) is 1.07. The van der Waals surface area contributed by atoms with E-state index in [-0.39, 0.29) is 24.1 Å². The van der Waals surface area contributed by atoms with Gasteiger partial charge in [0.2, 0.25) is 0 Å². The van der Waals surface area contributed by atoms with E-state index in [1.165, 1.54) is 17.7 Å². The number of ether oxygens (including phenoxy) is 3. The van der Waals surface area contributed by atoms with Crippen molar-refractivity contribution in [1.29, 1.82) is 0 Å². The van der Waals surface area contributed by atoms with Gasteiger partial charge in [-0.2, -0.15) is 0 Å². The van der Waals surface area contributed by atoms with Crippen molar-refractivity contribution in [3.05, 3.63) is 33.4 Å². The van der Waals surface area contributed by atoms with Gasteiger partial charge in [-0.15, -0.1) is 0 Å². The van der Waals surface area contributed by atoms with Crippen LogP contribution in [0, 0.1) is 11.7 Å². The lowest BCUT2D eigenvalue weighted by molar-refractivity contribution is 0.0441. The molecule has 2 aliphatic rings. The van der Waals surface area contributed by atoms with Crippen LogP contribution in [-0.2, 0) is 15.9 Å². The predicted molar refractivity (Wildman–Crippen MR) is 143 cm³/mol. The van der Waals surface area contributed by atoms with Crippen molar-refractivity contribution in [2.45, 2.75) is 78.5 Å². The molecule has 0 unspecified atom stereocenters. The number of hydrogen-bond acceptors (Lipinski definition) is 7. The van der Waals surface area contributed by atoms with Crippen molar-refractivity contribution in [3.8, 4) is 5.75 Å². The molecule has 4 rings (SSSR count). The van der Waals surface area contributed by atoms with Crippen molar-refractivity contribution < 1.29 is 28.2 Å². The standard InChI is InChI=1S/C28H38FN3O6/c1-9-17-18-12-19(25(34)36-8)24(33)32-15(2)14-37-23(21(18)32)22(20(17)29)31-11-10-16(13-31)28(6,7)30-26(35)38-27(3,4)5/h12,15-16H,9-11,13-14H2,1-8H3,(H,30,35)/t15-,16+/m0/s1. The predicted octanol–water partition coefficient (Wildman–Crippen LogP) is 4.57. The lowest BCUT2D eigenvalue weighted by Gasteiger charge is -2.35. The van der Waals surface area contributed by atoms with Crippen LogP contribution >= 0.6 is 0 Å². The number of aromatic nitrogens is 1. The topological polar surface area (TPSA) is 99.1 Å². The molecule has 2 aromatic rings. The zero-order valence-electron chi connectivity index (χ0n) is 23.5. The number of amides is 1. The van der Waals surface area contributed by atoms with Crippen LogP contribution in [0.2, 0.25) is 0 Å². The van der Waals surface area contributed by atoms with Crippen LogP contribution in [0.15, 0.2) is 10.9 Å². The van der Waals surface area contributed by atoms with Gasteiger partial charge < -0.3 is 24.4 Å². The van der Waals surface area contributed by atoms with Gasteiger partial charge in [0, 0.05) is 29.9 Å². The lowest BCUT2D eigenvalue weighted by Crippen LogP contribution is -2.51. The summed E-state index contributed by atoms with van der Waals surface area (Å²) >= 11 is 0. The van der Waals surface area contributed by atoms with Crippen LogP contribution in [0.1, 0.15) is 76.9 Å². The van der Waals surface area contributed by atoms with E-state index < -0.39 is 34.6 Å². The minimum absolute atomic E-state index is 0.00815. The Morgan fingerprint density at radius 2 is 1.92 bits per heavy atom. The highest BCUT2D eigenvalue weighted by molar-refractivity contribution is 5.99. The van der Waals surface area contributed by atoms with Crippen molar-refractivity contribution in [2.24, 2.45) is 5.92 Å². The number of halogens is 1. The smallest absolute Gasteiger partial charge is 0.408 e. The highest BCUT2D eigenvalue weighted by Gasteiger charge is 2.40. The largest absolute Gasteiger partial charge is 0.487 e. The van der Waals surface area contributed by atoms with Gasteiger partial charge in [-0.25, -0.2) is 14.0 Å². The minimum Gasteiger partial charge on any atom is -0.487 e. The number of nitrogens with zero attached hydrogens (tertiary/aromatic N) is 2. The Bertz CT molecular complexity index is 1340. The van der Waals surface area contributed by atoms with Gasteiger partial charge in [0.05, 0.1) is 18.7 Å². The zero-order chi connectivity index (χ0) is 28.2. The first-order chi connectivity index (χ1) is 17.7. The van der Waals surface area contributed by atoms with Crippen LogP contribution in [-0.4, -0.2) is 54.6 Å². The van der Waals surface area contributed by atoms with E-state index in [9.17, 15) is 14.4 Å². The van der Waals surface area contributed by atoms with Gasteiger partial charge in [0.25, 0.3) is 5.56 Å². The number of pyridine rings is 1. The molecule has 1 N–H and O–H groups in total. The van der Waals surface area contributed by atoms with Gasteiger partial charge in [-0.05, 0) is 66.0 Å². The number of anilines is 1. The van der Waals surface area contributed by atoms with Gasteiger partial charge in [0.15, 0.2) is 11.6 Å². The third-order valence-electron chi connectivity index (χ3n) is 7.48. The molecule has 0 spiro atoms. The Balaban J connectivity index is 1.79. The zero-order valence-corrected chi connectivity index (χ0v) is 23.5. The Labute approximate surface area is 222 Å². The Hall–Kier alpha value is -3.30. The van der Waals surface area contributed by atoms with E-state index in [0.717, 1.165) is 0 Å². The van der Waals surface area contributed by atoms with E-state index >= 15 is 4.39 Å². The second-order valence-corrected chi connectivity index (χ2v) is 11.8. The van der Waals surface area contributed by atoms with Crippen LogP contribution in [0.25, 0.3) is 10.9 Å². The summed E-state index contributed by atoms with van der Waals surface area (Å²) in [7, 11) is 1.22. The Kier molecular flexibility index (Phi) is 7.14. The first-order valence-electron chi connectivity index (χ1n) is 13.1. The van der Waals surface area contributed by atoms with E-state index in [1.54, 1.807) is 0 Å². The second kappa shape index (κ2) is 9.78. The number of esters is 1. The number of carbonyl (C=O) groups is 2.